The molecule has 1 aliphatic heterocycles. The lowest BCUT2D eigenvalue weighted by atomic mass is 10.3. The zero-order valence-electron chi connectivity index (χ0n) is 13.2. The fraction of sp³-hybridized carbons (Fsp3) is 0.0500. The molecule has 1 heterocycles. The highest BCUT2D eigenvalue weighted by Crippen LogP contribution is 2.20. The fourth-order valence-corrected chi connectivity index (χ4v) is 2.76. The normalized spacial score (nSPS) is 16.8. The first-order valence-electron chi connectivity index (χ1n) is 8.00. The summed E-state index contributed by atoms with van der Waals surface area (Å²) < 4.78 is 2.18. The van der Waals surface area contributed by atoms with Gasteiger partial charge in [0.2, 0.25) is 0 Å². The van der Waals surface area contributed by atoms with Crippen LogP contribution in [0.25, 0.3) is 0 Å². The molecule has 1 atom stereocenters. The molecule has 0 saturated heterocycles. The van der Waals surface area contributed by atoms with Crippen molar-refractivity contribution in [2.45, 2.75) is 6.29 Å². The van der Waals surface area contributed by atoms with Gasteiger partial charge in [0, 0.05) is 5.69 Å². The number of nitrogens with zero attached hydrogens (tertiary/aromatic N) is 2. The van der Waals surface area contributed by atoms with Crippen LogP contribution < -0.4 is 15.8 Å². The molecule has 4 rings (SSSR count). The maximum atomic E-state index is 3.53. The van der Waals surface area contributed by atoms with Gasteiger partial charge >= 0.3 is 0 Å². The van der Waals surface area contributed by atoms with Crippen LogP contribution in [0, 0.1) is 0 Å². The minimum absolute atomic E-state index is 0.0741. The second-order valence-corrected chi connectivity index (χ2v) is 5.61. The number of hydrogen-bond donors (Lipinski definition) is 2. The number of rotatable bonds is 4. The molecule has 0 aromatic heterocycles. The molecule has 0 saturated carbocycles. The van der Waals surface area contributed by atoms with Crippen LogP contribution in [0.15, 0.2) is 91.0 Å². The highest BCUT2D eigenvalue weighted by molar-refractivity contribution is 5.76. The van der Waals surface area contributed by atoms with Gasteiger partial charge in [-0.2, -0.15) is 4.58 Å². The van der Waals surface area contributed by atoms with E-state index in [0.717, 1.165) is 17.1 Å². The molecule has 118 valence electrons. The van der Waals surface area contributed by atoms with Gasteiger partial charge < -0.3 is 5.32 Å². The molecule has 0 bridgehead atoms. The molecule has 0 amide bonds. The maximum Gasteiger partial charge on any atom is 0.266 e. The Morgan fingerprint density at radius 2 is 1.33 bits per heavy atom. The van der Waals surface area contributed by atoms with Gasteiger partial charge in [0.1, 0.15) is 11.4 Å². The number of anilines is 2. The second-order valence-electron chi connectivity index (χ2n) is 5.61. The number of hydrogen-bond acceptors (Lipinski definition) is 3. The van der Waals surface area contributed by atoms with Crippen molar-refractivity contribution in [1.82, 2.24) is 5.43 Å². The van der Waals surface area contributed by atoms with E-state index >= 15 is 0 Å². The van der Waals surface area contributed by atoms with E-state index in [1.807, 2.05) is 59.6 Å². The van der Waals surface area contributed by atoms with Gasteiger partial charge in [-0.05, 0) is 36.4 Å². The zero-order chi connectivity index (χ0) is 16.2. The van der Waals surface area contributed by atoms with E-state index in [0.29, 0.717) is 0 Å². The van der Waals surface area contributed by atoms with Gasteiger partial charge in [-0.3, -0.25) is 0 Å². The molecule has 4 heteroatoms. The van der Waals surface area contributed by atoms with E-state index in [1.165, 1.54) is 0 Å². The minimum atomic E-state index is -0.0741. The molecule has 3 aromatic carbocycles. The first-order chi connectivity index (χ1) is 11.9. The van der Waals surface area contributed by atoms with Crippen LogP contribution in [-0.4, -0.2) is 17.2 Å². The number of nitrogens with one attached hydrogen (secondary N) is 2. The Bertz CT molecular complexity index is 816. The van der Waals surface area contributed by atoms with Gasteiger partial charge in [0.25, 0.3) is 12.6 Å². The van der Waals surface area contributed by atoms with Crippen LogP contribution in [-0.2, 0) is 0 Å². The quantitative estimate of drug-likeness (QED) is 0.718. The highest BCUT2D eigenvalue weighted by Gasteiger charge is 2.32. The molecule has 0 spiro atoms. The first-order valence-corrected chi connectivity index (χ1v) is 8.00. The standard InChI is InChI=1S/C20H19N4/c1-4-10-17(11-5-1)21-20-22-24(19-14-8-3-9-15-19)16-23(20)18-12-6-2-7-13-18/h1-16,20-22H/q+1. The predicted molar refractivity (Wildman–Crippen MR) is 98.3 cm³/mol. The van der Waals surface area contributed by atoms with Crippen molar-refractivity contribution in [2.75, 3.05) is 10.3 Å². The van der Waals surface area contributed by atoms with Crippen LogP contribution in [0.5, 0.6) is 0 Å². The maximum absolute atomic E-state index is 3.53. The molecule has 0 radical (unpaired) electrons. The lowest BCUT2D eigenvalue weighted by Crippen LogP contribution is -2.43. The topological polar surface area (TPSA) is 30.3 Å². The van der Waals surface area contributed by atoms with Crippen LogP contribution in [0.2, 0.25) is 0 Å². The summed E-state index contributed by atoms with van der Waals surface area (Å²) in [5, 5.41) is 5.57. The van der Waals surface area contributed by atoms with Gasteiger partial charge in [0.15, 0.2) is 0 Å². The van der Waals surface area contributed by atoms with Crippen molar-refractivity contribution in [3.8, 4) is 0 Å². The summed E-state index contributed by atoms with van der Waals surface area (Å²) in [4.78, 5) is 0. The average Bonchev–Trinajstić information content (AvgIpc) is 3.08. The molecular formula is C20H19N4+. The number of para-hydroxylation sites is 3. The smallest absolute Gasteiger partial charge is 0.266 e. The molecule has 1 unspecified atom stereocenters. The van der Waals surface area contributed by atoms with Crippen molar-refractivity contribution in [3.63, 3.8) is 0 Å². The Morgan fingerprint density at radius 3 is 2.00 bits per heavy atom. The zero-order valence-corrected chi connectivity index (χ0v) is 13.2. The molecule has 24 heavy (non-hydrogen) atoms. The number of benzene rings is 3. The Labute approximate surface area is 141 Å². The molecular weight excluding hydrogens is 296 g/mol. The van der Waals surface area contributed by atoms with Crippen molar-refractivity contribution >= 4 is 23.4 Å². The first kappa shape index (κ1) is 14.5. The van der Waals surface area contributed by atoms with Crippen molar-refractivity contribution in [1.29, 1.82) is 0 Å². The summed E-state index contributed by atoms with van der Waals surface area (Å²) in [6.07, 6.45) is 2.00. The lowest BCUT2D eigenvalue weighted by Gasteiger charge is -2.16. The van der Waals surface area contributed by atoms with Crippen LogP contribution in [0.4, 0.5) is 17.1 Å². The van der Waals surface area contributed by atoms with E-state index in [-0.39, 0.29) is 6.29 Å². The molecule has 4 nitrogen and oxygen atoms in total. The lowest BCUT2D eigenvalue weighted by molar-refractivity contribution is -0.468. The molecule has 3 aromatic rings. The van der Waals surface area contributed by atoms with E-state index in [2.05, 4.69) is 58.1 Å². The third-order valence-electron chi connectivity index (χ3n) is 3.95. The van der Waals surface area contributed by atoms with E-state index in [4.69, 9.17) is 0 Å². The predicted octanol–water partition coefficient (Wildman–Crippen LogP) is 3.78. The summed E-state index contributed by atoms with van der Waals surface area (Å²) in [5.41, 5.74) is 6.78. The highest BCUT2D eigenvalue weighted by atomic mass is 15.7. The van der Waals surface area contributed by atoms with E-state index in [1.54, 1.807) is 0 Å². The van der Waals surface area contributed by atoms with E-state index in [9.17, 15) is 0 Å². The second kappa shape index (κ2) is 6.56. The van der Waals surface area contributed by atoms with Gasteiger partial charge in [0.05, 0.1) is 0 Å². The van der Waals surface area contributed by atoms with Crippen LogP contribution in [0.3, 0.4) is 0 Å². The summed E-state index contributed by atoms with van der Waals surface area (Å²) in [7, 11) is 0. The molecule has 2 N–H and O–H groups in total. The Kier molecular flexibility index (Phi) is 3.96. The summed E-state index contributed by atoms with van der Waals surface area (Å²) in [6, 6.07) is 30.8. The summed E-state index contributed by atoms with van der Waals surface area (Å²) in [5.74, 6) is 0. The van der Waals surface area contributed by atoms with Crippen LogP contribution >= 0.6 is 0 Å². The SMILES string of the molecule is C1=[N+](c2ccccc2)C(Nc2ccccc2)NN1c1ccccc1. The van der Waals surface area contributed by atoms with Gasteiger partial charge in [-0.15, -0.1) is 5.01 Å². The van der Waals surface area contributed by atoms with Gasteiger partial charge in [-0.1, -0.05) is 60.0 Å². The fourth-order valence-electron chi connectivity index (χ4n) is 2.76. The minimum Gasteiger partial charge on any atom is -0.331 e. The Balaban J connectivity index is 1.66. The Morgan fingerprint density at radius 1 is 0.750 bits per heavy atom. The summed E-state index contributed by atoms with van der Waals surface area (Å²) in [6.45, 7) is 0. The van der Waals surface area contributed by atoms with Crippen LogP contribution in [0.1, 0.15) is 0 Å². The third kappa shape index (κ3) is 3.00. The largest absolute Gasteiger partial charge is 0.331 e. The monoisotopic (exact) mass is 315 g/mol. The van der Waals surface area contributed by atoms with Crippen molar-refractivity contribution in [2.24, 2.45) is 0 Å². The molecule has 0 aliphatic carbocycles. The third-order valence-corrected chi connectivity index (χ3v) is 3.95. The van der Waals surface area contributed by atoms with E-state index < -0.39 is 0 Å². The molecule has 0 fully saturated rings. The van der Waals surface area contributed by atoms with Gasteiger partial charge in [-0.25, -0.2) is 0 Å². The van der Waals surface area contributed by atoms with Crippen molar-refractivity contribution < 1.29 is 4.58 Å². The average molecular weight is 315 g/mol. The summed E-state index contributed by atoms with van der Waals surface area (Å²) >= 11 is 0. The molecule has 1 aliphatic rings. The number of hydrazine groups is 1. The van der Waals surface area contributed by atoms with Crippen molar-refractivity contribution in [3.05, 3.63) is 91.0 Å². The Hall–Kier alpha value is -3.11.